The Morgan fingerprint density at radius 3 is 2.52 bits per heavy atom. The molecule has 2 aromatic carbocycles. The predicted molar refractivity (Wildman–Crippen MR) is 86.0 cm³/mol. The van der Waals surface area contributed by atoms with Gasteiger partial charge in [-0.25, -0.2) is 4.79 Å². The van der Waals surface area contributed by atoms with Gasteiger partial charge >= 0.3 is 5.97 Å². The number of carboxylic acid groups (broad SMARTS) is 1. The Morgan fingerprint density at radius 1 is 1.09 bits per heavy atom. The molecule has 3 rings (SSSR count). The van der Waals surface area contributed by atoms with E-state index < -0.39 is 5.97 Å². The lowest BCUT2D eigenvalue weighted by Crippen LogP contribution is -2.16. The molecule has 2 aromatic rings. The molecular weight excluding hydrogens is 292 g/mol. The summed E-state index contributed by atoms with van der Waals surface area (Å²) < 4.78 is 5.60. The first-order valence-corrected chi connectivity index (χ1v) is 7.73. The van der Waals surface area contributed by atoms with E-state index in [1.165, 1.54) is 0 Å². The third kappa shape index (κ3) is 3.32. The van der Waals surface area contributed by atoms with Crippen molar-refractivity contribution in [3.05, 3.63) is 70.8 Å². The highest BCUT2D eigenvalue weighted by atomic mass is 16.5. The van der Waals surface area contributed by atoms with Crippen LogP contribution in [0.1, 0.15) is 44.7 Å². The van der Waals surface area contributed by atoms with E-state index in [4.69, 9.17) is 4.74 Å². The average Bonchev–Trinajstić information content (AvgIpc) is 3.07. The second kappa shape index (κ2) is 6.75. The van der Waals surface area contributed by atoms with Crippen LogP contribution in [0.25, 0.3) is 0 Å². The number of rotatable bonds is 5. The van der Waals surface area contributed by atoms with E-state index in [9.17, 15) is 14.7 Å². The van der Waals surface area contributed by atoms with Crippen LogP contribution in [0.5, 0.6) is 0 Å². The van der Waals surface area contributed by atoms with Crippen LogP contribution in [0, 0.1) is 0 Å². The molecule has 118 valence electrons. The van der Waals surface area contributed by atoms with Gasteiger partial charge in [0.15, 0.2) is 5.78 Å². The van der Waals surface area contributed by atoms with E-state index in [2.05, 4.69) is 0 Å². The predicted octanol–water partition coefficient (Wildman–Crippen LogP) is 3.34. The van der Waals surface area contributed by atoms with Crippen molar-refractivity contribution in [2.75, 3.05) is 6.61 Å². The Bertz CT molecular complexity index is 715. The van der Waals surface area contributed by atoms with E-state index in [0.717, 1.165) is 19.4 Å². The minimum Gasteiger partial charge on any atom is -0.478 e. The molecule has 1 fully saturated rings. The van der Waals surface area contributed by atoms with Crippen molar-refractivity contribution < 1.29 is 19.4 Å². The normalized spacial score (nSPS) is 17.1. The second-order valence-corrected chi connectivity index (χ2v) is 5.68. The van der Waals surface area contributed by atoms with Gasteiger partial charge in [0.05, 0.1) is 11.7 Å². The highest BCUT2D eigenvalue weighted by molar-refractivity contribution is 6.14. The molecule has 0 aromatic heterocycles. The first kappa shape index (κ1) is 15.4. The Hall–Kier alpha value is -2.46. The number of carbonyl (C=O) groups is 2. The molecule has 1 heterocycles. The Labute approximate surface area is 134 Å². The van der Waals surface area contributed by atoms with Gasteiger partial charge in [0.2, 0.25) is 0 Å². The Kier molecular flexibility index (Phi) is 4.53. The first-order chi connectivity index (χ1) is 11.2. The molecule has 1 aliphatic rings. The molecule has 0 aliphatic carbocycles. The van der Waals surface area contributed by atoms with Crippen LogP contribution in [0.3, 0.4) is 0 Å². The first-order valence-electron chi connectivity index (χ1n) is 7.73. The smallest absolute Gasteiger partial charge is 0.336 e. The Morgan fingerprint density at radius 2 is 1.87 bits per heavy atom. The zero-order valence-corrected chi connectivity index (χ0v) is 12.7. The van der Waals surface area contributed by atoms with E-state index in [0.29, 0.717) is 17.5 Å². The maximum Gasteiger partial charge on any atom is 0.336 e. The monoisotopic (exact) mass is 310 g/mol. The second-order valence-electron chi connectivity index (χ2n) is 5.68. The summed E-state index contributed by atoms with van der Waals surface area (Å²) in [4.78, 5) is 24.4. The van der Waals surface area contributed by atoms with Crippen LogP contribution in [0.2, 0.25) is 0 Å². The minimum atomic E-state index is -1.07. The largest absolute Gasteiger partial charge is 0.478 e. The van der Waals surface area contributed by atoms with Crippen LogP contribution in [-0.4, -0.2) is 29.6 Å². The molecule has 1 unspecified atom stereocenters. The standard InChI is InChI=1S/C19H18O4/c20-18(13-6-2-1-3-7-13)16-10-4-8-14(17(16)19(21)22)12-15-9-5-11-23-15/h1-4,6-8,10,15H,5,9,11-12H2,(H,21,22). The van der Waals surface area contributed by atoms with Gasteiger partial charge in [0.25, 0.3) is 0 Å². The zero-order valence-electron chi connectivity index (χ0n) is 12.7. The summed E-state index contributed by atoms with van der Waals surface area (Å²) in [6, 6.07) is 13.8. The summed E-state index contributed by atoms with van der Waals surface area (Å²) in [7, 11) is 0. The van der Waals surface area contributed by atoms with E-state index >= 15 is 0 Å². The quantitative estimate of drug-likeness (QED) is 0.860. The van der Waals surface area contributed by atoms with Crippen LogP contribution < -0.4 is 0 Å². The van der Waals surface area contributed by atoms with Gasteiger partial charge in [-0.3, -0.25) is 4.79 Å². The maximum absolute atomic E-state index is 12.7. The average molecular weight is 310 g/mol. The molecule has 1 N–H and O–H groups in total. The summed E-state index contributed by atoms with van der Waals surface area (Å²) in [6.07, 6.45) is 2.48. The van der Waals surface area contributed by atoms with Gasteiger partial charge in [0, 0.05) is 17.7 Å². The van der Waals surface area contributed by atoms with Gasteiger partial charge in [0.1, 0.15) is 0 Å². The lowest BCUT2D eigenvalue weighted by molar-refractivity contribution is 0.0689. The molecule has 0 bridgehead atoms. The van der Waals surface area contributed by atoms with Crippen molar-refractivity contribution in [3.8, 4) is 0 Å². The molecule has 0 radical (unpaired) electrons. The van der Waals surface area contributed by atoms with E-state index in [1.807, 2.05) is 6.07 Å². The molecule has 23 heavy (non-hydrogen) atoms. The lowest BCUT2D eigenvalue weighted by Gasteiger charge is -2.14. The third-order valence-corrected chi connectivity index (χ3v) is 4.12. The van der Waals surface area contributed by atoms with Crippen molar-refractivity contribution >= 4 is 11.8 Å². The molecule has 4 nitrogen and oxygen atoms in total. The van der Waals surface area contributed by atoms with E-state index in [-0.39, 0.29) is 23.0 Å². The molecule has 4 heteroatoms. The highest BCUT2D eigenvalue weighted by Gasteiger charge is 2.24. The van der Waals surface area contributed by atoms with Crippen molar-refractivity contribution in [3.63, 3.8) is 0 Å². The van der Waals surface area contributed by atoms with Crippen molar-refractivity contribution in [2.45, 2.75) is 25.4 Å². The van der Waals surface area contributed by atoms with Crippen molar-refractivity contribution in [1.29, 1.82) is 0 Å². The number of hydrogen-bond donors (Lipinski definition) is 1. The summed E-state index contributed by atoms with van der Waals surface area (Å²) in [5.41, 5.74) is 1.48. The number of carboxylic acids is 1. The van der Waals surface area contributed by atoms with Crippen molar-refractivity contribution in [2.24, 2.45) is 0 Å². The SMILES string of the molecule is O=C(c1ccccc1)c1cccc(CC2CCCO2)c1C(=O)O. The molecule has 1 aliphatic heterocycles. The van der Waals surface area contributed by atoms with Gasteiger partial charge < -0.3 is 9.84 Å². The molecule has 1 saturated heterocycles. The fraction of sp³-hybridized carbons (Fsp3) is 0.263. The number of hydrogen-bond acceptors (Lipinski definition) is 3. The summed E-state index contributed by atoms with van der Waals surface area (Å²) in [6.45, 7) is 0.718. The third-order valence-electron chi connectivity index (χ3n) is 4.12. The molecule has 0 amide bonds. The number of aromatic carboxylic acids is 1. The van der Waals surface area contributed by atoms with Gasteiger partial charge in [-0.1, -0.05) is 48.5 Å². The van der Waals surface area contributed by atoms with Crippen LogP contribution in [0.15, 0.2) is 48.5 Å². The van der Waals surface area contributed by atoms with Crippen molar-refractivity contribution in [1.82, 2.24) is 0 Å². The maximum atomic E-state index is 12.7. The Balaban J connectivity index is 1.99. The zero-order chi connectivity index (χ0) is 16.2. The summed E-state index contributed by atoms with van der Waals surface area (Å²) >= 11 is 0. The molecule has 1 atom stereocenters. The van der Waals surface area contributed by atoms with Crippen LogP contribution in [-0.2, 0) is 11.2 Å². The fourth-order valence-electron chi connectivity index (χ4n) is 3.01. The minimum absolute atomic E-state index is 0.0372. The number of benzene rings is 2. The lowest BCUT2D eigenvalue weighted by atomic mass is 9.92. The molecule has 0 spiro atoms. The number of ether oxygens (including phenoxy) is 1. The number of ketones is 1. The topological polar surface area (TPSA) is 63.6 Å². The van der Waals surface area contributed by atoms with E-state index in [1.54, 1.807) is 42.5 Å². The van der Waals surface area contributed by atoms with Gasteiger partial charge in [-0.2, -0.15) is 0 Å². The molecular formula is C19H18O4. The highest BCUT2D eigenvalue weighted by Crippen LogP contribution is 2.24. The van der Waals surface area contributed by atoms with Gasteiger partial charge in [-0.15, -0.1) is 0 Å². The van der Waals surface area contributed by atoms with Crippen LogP contribution >= 0.6 is 0 Å². The summed E-state index contributed by atoms with van der Waals surface area (Å²) in [5, 5.41) is 9.62. The summed E-state index contributed by atoms with van der Waals surface area (Å²) in [5.74, 6) is -1.34. The van der Waals surface area contributed by atoms with Crippen LogP contribution in [0.4, 0.5) is 0 Å². The van der Waals surface area contributed by atoms with Gasteiger partial charge in [-0.05, 0) is 24.8 Å². The number of carbonyl (C=O) groups excluding carboxylic acids is 1. The molecule has 0 saturated carbocycles. The fourth-order valence-corrected chi connectivity index (χ4v) is 3.01.